The number of nitrogens with one attached hydrogen (secondary N) is 4. The number of carboxylic acids is 1. The van der Waals surface area contributed by atoms with E-state index in [-0.39, 0.29) is 183 Å². The van der Waals surface area contributed by atoms with Crippen molar-refractivity contribution in [3.63, 3.8) is 0 Å². The van der Waals surface area contributed by atoms with Crippen LogP contribution in [0.15, 0.2) is 54.8 Å². The van der Waals surface area contributed by atoms with Gasteiger partial charge in [0.25, 0.3) is 0 Å². The van der Waals surface area contributed by atoms with E-state index in [2.05, 4.69) is 51.7 Å². The number of aromatic nitrogens is 3. The number of carbonyl (C=O) groups excluding carboxylic acids is 6. The molecular formula is C79H118N8O25. The number of aliphatic hydroxyl groups is 1. The maximum absolute atomic E-state index is 14.6. The van der Waals surface area contributed by atoms with Gasteiger partial charge >= 0.3 is 18.0 Å². The van der Waals surface area contributed by atoms with Crippen molar-refractivity contribution in [3.8, 4) is 0 Å². The second-order valence-corrected chi connectivity index (χ2v) is 31.3. The Morgan fingerprint density at radius 2 is 1.37 bits per heavy atom. The fraction of sp³-hybridized carbons (Fsp3) is 0.759. The molecule has 10 aliphatic rings. The number of methoxy groups -OCH3 is 1. The zero-order valence-corrected chi connectivity index (χ0v) is 65.2. The summed E-state index contributed by atoms with van der Waals surface area (Å²) in [5.41, 5.74) is 8.98. The van der Waals surface area contributed by atoms with Gasteiger partial charge in [-0.15, -0.1) is 5.10 Å². The van der Waals surface area contributed by atoms with Gasteiger partial charge in [-0.1, -0.05) is 51.3 Å². The molecule has 10 saturated heterocycles. The second kappa shape index (κ2) is 42.4. The maximum Gasteiger partial charge on any atom is 0.312 e. The Hall–Kier alpha value is -6.51. The molecule has 21 atom stereocenters. The largest absolute Gasteiger partial charge is 0.481 e. The number of carboxylic acid groups (broad SMARTS) is 1. The van der Waals surface area contributed by atoms with Gasteiger partial charge in [0.15, 0.2) is 5.79 Å². The van der Waals surface area contributed by atoms with Crippen LogP contribution in [0.2, 0.25) is 0 Å². The van der Waals surface area contributed by atoms with Crippen LogP contribution in [-0.4, -0.2) is 269 Å². The van der Waals surface area contributed by atoms with Crippen LogP contribution in [0.1, 0.15) is 154 Å². The molecule has 2 aromatic rings. The lowest BCUT2D eigenvalue weighted by Gasteiger charge is -2.47. The van der Waals surface area contributed by atoms with Crippen molar-refractivity contribution in [3.05, 3.63) is 66.0 Å². The molecule has 1 aromatic heterocycles. The molecule has 11 heterocycles. The predicted octanol–water partition coefficient (Wildman–Crippen LogP) is 4.77. The fourth-order valence-corrected chi connectivity index (χ4v) is 16.7. The third kappa shape index (κ3) is 24.8. The molecule has 33 heteroatoms. The predicted molar refractivity (Wildman–Crippen MR) is 397 cm³/mol. The number of ether oxygens (including phenoxy) is 16. The van der Waals surface area contributed by atoms with Crippen molar-refractivity contribution in [1.29, 1.82) is 0 Å². The normalized spacial score (nSPS) is 30.9. The molecule has 1 aromatic carbocycles. The molecule has 1 spiro atoms. The van der Waals surface area contributed by atoms with Crippen molar-refractivity contribution < 1.29 is 120 Å². The van der Waals surface area contributed by atoms with Crippen LogP contribution in [0.3, 0.4) is 0 Å². The molecule has 0 aliphatic carbocycles. The minimum Gasteiger partial charge on any atom is -0.481 e. The Morgan fingerprint density at radius 3 is 2.10 bits per heavy atom. The van der Waals surface area contributed by atoms with E-state index in [1.807, 2.05) is 0 Å². The smallest absolute Gasteiger partial charge is 0.312 e. The number of carbonyl (C=O) groups is 7. The number of hydrogen-bond acceptors (Lipinski definition) is 26. The summed E-state index contributed by atoms with van der Waals surface area (Å²) in [5, 5.41) is 39.3. The molecule has 624 valence electrons. The van der Waals surface area contributed by atoms with Gasteiger partial charge in [-0.3, -0.25) is 28.8 Å². The lowest BCUT2D eigenvalue weighted by molar-refractivity contribution is -0.292. The summed E-state index contributed by atoms with van der Waals surface area (Å²) >= 11 is 0. The highest BCUT2D eigenvalue weighted by Crippen LogP contribution is 2.55. The van der Waals surface area contributed by atoms with Gasteiger partial charge in [0.05, 0.1) is 166 Å². The van der Waals surface area contributed by atoms with Crippen molar-refractivity contribution in [2.75, 3.05) is 91.6 Å². The number of aliphatic carboxylic acids is 1. The van der Waals surface area contributed by atoms with E-state index in [4.69, 9.17) is 86.6 Å². The van der Waals surface area contributed by atoms with E-state index in [1.54, 1.807) is 56.1 Å². The molecule has 112 heavy (non-hydrogen) atoms. The second-order valence-electron chi connectivity index (χ2n) is 31.3. The van der Waals surface area contributed by atoms with Crippen LogP contribution in [0, 0.1) is 17.8 Å². The fourth-order valence-electron chi connectivity index (χ4n) is 16.7. The Labute approximate surface area is 654 Å². The monoisotopic (exact) mass is 1580 g/mol. The molecular weight excluding hydrogens is 1460 g/mol. The SMILES string of the molecule is C=C1C[C@@H]2CC[C@@]34C[C@H]5O[C@H]6[C@@H](O3)[C@H]3O[C@H](CC[C@@H]3O[C@H]6C5O4)CC(=O)CC3C(CC4O[C@@H](CCC1O2)C[C@@H](C)C4=C)O[C@H](C[C@H](O)CCC(=O)OCc1ccc(NC(=O)[C@H](CCCNC(N)=O)NC(=O)[C@@H](NC(=O)CCOCCOCCOCCn2cc(COCCOCCOCCC(=O)O)nn2)C(C)C)cc1)[C@@H]3OC. The van der Waals surface area contributed by atoms with E-state index in [9.17, 15) is 38.7 Å². The van der Waals surface area contributed by atoms with E-state index in [0.29, 0.717) is 102 Å². The highest BCUT2D eigenvalue weighted by Gasteiger charge is 2.69. The maximum atomic E-state index is 14.6. The zero-order chi connectivity index (χ0) is 79.3. The molecule has 10 aliphatic heterocycles. The van der Waals surface area contributed by atoms with Gasteiger partial charge < -0.3 is 113 Å². The summed E-state index contributed by atoms with van der Waals surface area (Å²) in [5.74, 6) is -4.52. The first-order valence-corrected chi connectivity index (χ1v) is 40.2. The molecule has 12 rings (SSSR count). The third-order valence-corrected chi connectivity index (χ3v) is 22.6. The summed E-state index contributed by atoms with van der Waals surface area (Å²) in [6, 6.07) is 3.75. The molecule has 10 fully saturated rings. The molecule has 12 bridgehead atoms. The van der Waals surface area contributed by atoms with Crippen molar-refractivity contribution in [2.24, 2.45) is 23.5 Å². The van der Waals surface area contributed by atoms with E-state index >= 15 is 0 Å². The Morgan fingerprint density at radius 1 is 0.688 bits per heavy atom. The average Bonchev–Trinajstić information content (AvgIpc) is 1.56. The Bertz CT molecular complexity index is 3420. The minimum atomic E-state index is -1.09. The number of esters is 1. The van der Waals surface area contributed by atoms with Gasteiger partial charge in [0.2, 0.25) is 17.7 Å². The number of fused-ring (bicyclic) bond motifs is 6. The molecule has 0 saturated carbocycles. The van der Waals surface area contributed by atoms with E-state index in [0.717, 1.165) is 43.3 Å². The van der Waals surface area contributed by atoms with Gasteiger partial charge in [0.1, 0.15) is 60.7 Å². The van der Waals surface area contributed by atoms with Gasteiger partial charge in [0, 0.05) is 76.6 Å². The minimum absolute atomic E-state index is 0.00452. The first-order valence-electron chi connectivity index (χ1n) is 40.2. The van der Waals surface area contributed by atoms with Crippen LogP contribution < -0.4 is 27.0 Å². The van der Waals surface area contributed by atoms with Crippen LogP contribution in [-0.2, 0) is 124 Å². The van der Waals surface area contributed by atoms with E-state index < -0.39 is 96.1 Å². The summed E-state index contributed by atoms with van der Waals surface area (Å²) in [6.45, 7) is 18.5. The van der Waals surface area contributed by atoms with E-state index in [1.165, 1.54) is 0 Å². The van der Waals surface area contributed by atoms with Gasteiger partial charge in [-0.05, 0) is 105 Å². The zero-order valence-electron chi connectivity index (χ0n) is 65.2. The van der Waals surface area contributed by atoms with Crippen LogP contribution in [0.5, 0.6) is 0 Å². The molecule has 8 N–H and O–H groups in total. The number of benzene rings is 1. The number of ketones is 1. The molecule has 5 amide bonds. The highest BCUT2D eigenvalue weighted by atomic mass is 16.8. The lowest BCUT2D eigenvalue weighted by Crippen LogP contribution is -2.61. The number of hydrogen-bond donors (Lipinski definition) is 7. The standard InChI is InChI=1S/C79H118N8O25/c1-46(2)69(84-66(90)20-25-98-28-31-101-33-30-100-27-24-87-43-52(85-86-87)45-103-35-34-102-32-29-99-26-21-67(91)92)77(95)83-59(8-7-23-81-78(80)96)76(94)82-51-11-9-50(10-12-51)44-104-68(93)18-13-53(88)40-64-70(97-6)58-39-54(89)38-56-15-17-61-71(107-56)75-74-73(109-61)72-65(110-74)42-79(111-72,112-75)22-19-57-37-48(4)60(105-57)16-14-55-36-47(3)49(5)62(106-55)41-63(58)108-64/h9-12,43,46-47,53,55-65,69-75,88H,4-5,7-8,13-42,44-45H2,1-3,6H3,(H,82,94)(H,83,95)(H,84,90)(H,91,92)(H3,80,81,96)/t47-,53-,55+,56-,57+,58?,59+,60?,61+,62?,63?,64-,65-,69+,70-,71+,72?,73+,74-,75+,79+/m1/s1. The number of Topliss-reactive ketones (excluding diaryl/α,β-unsaturated/α-hetero) is 1. The summed E-state index contributed by atoms with van der Waals surface area (Å²) in [6.07, 6.45) is 3.56. The topological polar surface area (TPSA) is 412 Å². The number of urea groups is 1. The summed E-state index contributed by atoms with van der Waals surface area (Å²) < 4.78 is 101. The highest BCUT2D eigenvalue weighted by molar-refractivity contribution is 5.98. The van der Waals surface area contributed by atoms with Crippen molar-refractivity contribution in [2.45, 2.75) is 278 Å². The lowest BCUT2D eigenvalue weighted by atomic mass is 9.81. The molecule has 5 unspecified atom stereocenters. The van der Waals surface area contributed by atoms with Gasteiger partial charge in [-0.2, -0.15) is 0 Å². The number of nitrogens with zero attached hydrogens (tertiary/aromatic N) is 3. The summed E-state index contributed by atoms with van der Waals surface area (Å²) in [4.78, 5) is 90.8. The molecule has 33 nitrogen and oxygen atoms in total. The number of primary amides is 1. The first kappa shape index (κ1) is 86.4. The summed E-state index contributed by atoms with van der Waals surface area (Å²) in [7, 11) is 1.60. The quantitative estimate of drug-likeness (QED) is 0.0268. The average molecular weight is 1580 g/mol. The first-order chi connectivity index (χ1) is 54.1. The van der Waals surface area contributed by atoms with Crippen LogP contribution in [0.4, 0.5) is 10.5 Å². The number of aliphatic hydroxyl groups excluding tert-OH is 1. The number of amides is 5. The number of rotatable bonds is 41. The Balaban J connectivity index is 0.596. The van der Waals surface area contributed by atoms with Crippen LogP contribution in [0.25, 0.3) is 0 Å². The number of nitrogens with two attached hydrogens (primary N) is 1. The Kier molecular flexibility index (Phi) is 32.7. The van der Waals surface area contributed by atoms with Crippen LogP contribution >= 0.6 is 0 Å². The van der Waals surface area contributed by atoms with Crippen molar-refractivity contribution >= 4 is 47.2 Å². The number of anilines is 1. The third-order valence-electron chi connectivity index (χ3n) is 22.6. The van der Waals surface area contributed by atoms with Crippen molar-refractivity contribution in [1.82, 2.24) is 30.9 Å². The molecule has 0 radical (unpaired) electrons. The van der Waals surface area contributed by atoms with Gasteiger partial charge in [-0.25, -0.2) is 9.48 Å².